The standard InChI is InChI=1S/C15H19NO3/c1-5-13(15(17)18-6-2)19-14-10(3)7-12(9-16)8-11(14)4/h7-8,13H,5-6H2,1-4H3. The lowest BCUT2D eigenvalue weighted by molar-refractivity contribution is -0.151. The van der Waals surface area contributed by atoms with Gasteiger partial charge in [-0.1, -0.05) is 6.92 Å². The van der Waals surface area contributed by atoms with Gasteiger partial charge in [-0.15, -0.1) is 0 Å². The number of nitriles is 1. The quantitative estimate of drug-likeness (QED) is 0.765. The van der Waals surface area contributed by atoms with E-state index in [4.69, 9.17) is 14.7 Å². The molecule has 0 saturated heterocycles. The molecule has 1 atom stereocenters. The van der Waals surface area contributed by atoms with Gasteiger partial charge >= 0.3 is 5.97 Å². The van der Waals surface area contributed by atoms with Gasteiger partial charge in [0.15, 0.2) is 6.10 Å². The van der Waals surface area contributed by atoms with Crippen LogP contribution in [0.25, 0.3) is 0 Å². The number of esters is 1. The SMILES string of the molecule is CCOC(=O)C(CC)Oc1c(C)cc(C#N)cc1C. The van der Waals surface area contributed by atoms with Gasteiger partial charge in [0.05, 0.1) is 18.2 Å². The molecule has 4 heteroatoms. The highest BCUT2D eigenvalue weighted by molar-refractivity contribution is 5.75. The third-order valence-electron chi connectivity index (χ3n) is 2.77. The minimum atomic E-state index is -0.606. The Bertz CT molecular complexity index is 480. The summed E-state index contributed by atoms with van der Waals surface area (Å²) >= 11 is 0. The molecule has 0 aromatic heterocycles. The van der Waals surface area contributed by atoms with E-state index >= 15 is 0 Å². The topological polar surface area (TPSA) is 59.3 Å². The highest BCUT2D eigenvalue weighted by Crippen LogP contribution is 2.26. The summed E-state index contributed by atoms with van der Waals surface area (Å²) in [7, 11) is 0. The number of nitrogens with zero attached hydrogens (tertiary/aromatic N) is 1. The second kappa shape index (κ2) is 6.79. The first-order valence-electron chi connectivity index (χ1n) is 6.38. The van der Waals surface area contributed by atoms with Crippen LogP contribution in [-0.4, -0.2) is 18.7 Å². The van der Waals surface area contributed by atoms with Crippen LogP contribution in [0.5, 0.6) is 5.75 Å². The molecule has 0 aliphatic carbocycles. The van der Waals surface area contributed by atoms with E-state index in [-0.39, 0.29) is 5.97 Å². The van der Waals surface area contributed by atoms with Gasteiger partial charge < -0.3 is 9.47 Å². The van der Waals surface area contributed by atoms with Gasteiger partial charge in [-0.3, -0.25) is 0 Å². The summed E-state index contributed by atoms with van der Waals surface area (Å²) in [5.74, 6) is 0.298. The highest BCUT2D eigenvalue weighted by Gasteiger charge is 2.21. The van der Waals surface area contributed by atoms with Crippen molar-refractivity contribution in [3.8, 4) is 11.8 Å². The molecule has 0 bridgehead atoms. The molecule has 0 aliphatic heterocycles. The number of ether oxygens (including phenoxy) is 2. The summed E-state index contributed by atoms with van der Waals surface area (Å²) in [5.41, 5.74) is 2.28. The van der Waals surface area contributed by atoms with Crippen LogP contribution in [0.15, 0.2) is 12.1 Å². The fourth-order valence-electron chi connectivity index (χ4n) is 1.88. The van der Waals surface area contributed by atoms with E-state index in [0.29, 0.717) is 24.3 Å². The van der Waals surface area contributed by atoms with Crippen molar-refractivity contribution in [3.63, 3.8) is 0 Å². The lowest BCUT2D eigenvalue weighted by Gasteiger charge is -2.19. The fourth-order valence-corrected chi connectivity index (χ4v) is 1.88. The molecule has 1 rings (SSSR count). The number of carbonyl (C=O) groups excluding carboxylic acids is 1. The molecule has 0 radical (unpaired) electrons. The number of aryl methyl sites for hydroxylation is 2. The van der Waals surface area contributed by atoms with E-state index < -0.39 is 6.10 Å². The zero-order valence-electron chi connectivity index (χ0n) is 11.8. The van der Waals surface area contributed by atoms with Crippen LogP contribution in [0.4, 0.5) is 0 Å². The number of hydrogen-bond donors (Lipinski definition) is 0. The van der Waals surface area contributed by atoms with E-state index in [1.807, 2.05) is 20.8 Å². The van der Waals surface area contributed by atoms with Gasteiger partial charge in [-0.05, 0) is 50.5 Å². The number of benzene rings is 1. The summed E-state index contributed by atoms with van der Waals surface area (Å²) in [6.45, 7) is 7.70. The Morgan fingerprint density at radius 2 is 1.89 bits per heavy atom. The van der Waals surface area contributed by atoms with Gasteiger partial charge in [0.1, 0.15) is 5.75 Å². The average molecular weight is 261 g/mol. The molecule has 1 aromatic carbocycles. The summed E-state index contributed by atoms with van der Waals surface area (Å²) in [4.78, 5) is 11.7. The smallest absolute Gasteiger partial charge is 0.347 e. The van der Waals surface area contributed by atoms with Crippen molar-refractivity contribution in [2.24, 2.45) is 0 Å². The molecule has 0 fully saturated rings. The minimum Gasteiger partial charge on any atom is -0.478 e. The average Bonchev–Trinajstić information content (AvgIpc) is 2.38. The van der Waals surface area contributed by atoms with Crippen molar-refractivity contribution in [1.29, 1.82) is 5.26 Å². The summed E-state index contributed by atoms with van der Waals surface area (Å²) in [6, 6.07) is 5.60. The Labute approximate surface area is 113 Å². The lowest BCUT2D eigenvalue weighted by atomic mass is 10.1. The van der Waals surface area contributed by atoms with Crippen molar-refractivity contribution in [1.82, 2.24) is 0 Å². The maximum absolute atomic E-state index is 11.7. The second-order valence-corrected chi connectivity index (χ2v) is 4.32. The maximum atomic E-state index is 11.7. The summed E-state index contributed by atoms with van der Waals surface area (Å²) in [6.07, 6.45) is -0.0668. The largest absolute Gasteiger partial charge is 0.478 e. The first kappa shape index (κ1) is 15.0. The van der Waals surface area contributed by atoms with Crippen molar-refractivity contribution >= 4 is 5.97 Å². The molecule has 0 saturated carbocycles. The van der Waals surface area contributed by atoms with Gasteiger partial charge in [-0.25, -0.2) is 4.79 Å². The number of carbonyl (C=O) groups is 1. The Kier molecular flexibility index (Phi) is 5.37. The third kappa shape index (κ3) is 3.72. The molecular weight excluding hydrogens is 242 g/mol. The Morgan fingerprint density at radius 1 is 1.32 bits per heavy atom. The van der Waals surface area contributed by atoms with E-state index in [2.05, 4.69) is 6.07 Å². The first-order chi connectivity index (χ1) is 9.03. The van der Waals surface area contributed by atoms with Crippen LogP contribution in [-0.2, 0) is 9.53 Å². The predicted molar refractivity (Wildman–Crippen MR) is 72.0 cm³/mol. The van der Waals surface area contributed by atoms with E-state index in [1.54, 1.807) is 19.1 Å². The second-order valence-electron chi connectivity index (χ2n) is 4.32. The first-order valence-corrected chi connectivity index (χ1v) is 6.38. The molecule has 0 spiro atoms. The van der Waals surface area contributed by atoms with Crippen LogP contribution < -0.4 is 4.74 Å². The van der Waals surface area contributed by atoms with Crippen LogP contribution in [0.1, 0.15) is 37.0 Å². The van der Waals surface area contributed by atoms with E-state index in [9.17, 15) is 4.79 Å². The van der Waals surface area contributed by atoms with Gasteiger partial charge in [0, 0.05) is 0 Å². The predicted octanol–water partition coefficient (Wildman–Crippen LogP) is 2.90. The Hall–Kier alpha value is -2.02. The molecule has 0 N–H and O–H groups in total. The molecular formula is C15H19NO3. The Morgan fingerprint density at radius 3 is 2.32 bits per heavy atom. The molecule has 0 amide bonds. The third-order valence-corrected chi connectivity index (χ3v) is 2.77. The highest BCUT2D eigenvalue weighted by atomic mass is 16.6. The van der Waals surface area contributed by atoms with Crippen molar-refractivity contribution in [2.45, 2.75) is 40.2 Å². The van der Waals surface area contributed by atoms with Gasteiger partial charge in [-0.2, -0.15) is 5.26 Å². The van der Waals surface area contributed by atoms with Crippen LogP contribution in [0.2, 0.25) is 0 Å². The summed E-state index contributed by atoms with van der Waals surface area (Å²) in [5, 5.41) is 8.90. The van der Waals surface area contributed by atoms with Crippen LogP contribution in [0.3, 0.4) is 0 Å². The van der Waals surface area contributed by atoms with Crippen LogP contribution in [0, 0.1) is 25.2 Å². The van der Waals surface area contributed by atoms with Gasteiger partial charge in [0.25, 0.3) is 0 Å². The lowest BCUT2D eigenvalue weighted by Crippen LogP contribution is -2.29. The molecule has 0 aliphatic rings. The molecule has 19 heavy (non-hydrogen) atoms. The Balaban J connectivity index is 2.98. The maximum Gasteiger partial charge on any atom is 0.347 e. The molecule has 102 valence electrons. The van der Waals surface area contributed by atoms with Gasteiger partial charge in [0.2, 0.25) is 0 Å². The van der Waals surface area contributed by atoms with Crippen molar-refractivity contribution < 1.29 is 14.3 Å². The minimum absolute atomic E-state index is 0.337. The summed E-state index contributed by atoms with van der Waals surface area (Å²) < 4.78 is 10.7. The normalized spacial score (nSPS) is 11.5. The van der Waals surface area contributed by atoms with E-state index in [0.717, 1.165) is 11.1 Å². The molecule has 1 unspecified atom stereocenters. The van der Waals surface area contributed by atoms with Crippen molar-refractivity contribution in [2.75, 3.05) is 6.61 Å². The molecule has 4 nitrogen and oxygen atoms in total. The van der Waals surface area contributed by atoms with E-state index in [1.165, 1.54) is 0 Å². The number of rotatable bonds is 5. The fraction of sp³-hybridized carbons (Fsp3) is 0.467. The van der Waals surface area contributed by atoms with Crippen molar-refractivity contribution in [3.05, 3.63) is 28.8 Å². The zero-order chi connectivity index (χ0) is 14.4. The number of hydrogen-bond acceptors (Lipinski definition) is 4. The molecule has 0 heterocycles. The van der Waals surface area contributed by atoms with Crippen LogP contribution >= 0.6 is 0 Å². The molecule has 1 aromatic rings. The monoisotopic (exact) mass is 261 g/mol. The zero-order valence-corrected chi connectivity index (χ0v) is 11.8.